The Labute approximate surface area is 97.1 Å². The standard InChI is InChI=1S/C11H11IO2/c1-2-8-11(12,14)10(13)9-6-4-3-5-7-9/h3-7,10,13-14H,1H3. The second-order valence-electron chi connectivity index (χ2n) is 2.86. The lowest BCUT2D eigenvalue weighted by Gasteiger charge is -2.21. The fraction of sp³-hybridized carbons (Fsp3) is 0.273. The molecular weight excluding hydrogens is 291 g/mol. The van der Waals surface area contributed by atoms with Crippen molar-refractivity contribution in [3.63, 3.8) is 0 Å². The Balaban J connectivity index is 2.94. The van der Waals surface area contributed by atoms with Gasteiger partial charge in [0.15, 0.2) is 0 Å². The van der Waals surface area contributed by atoms with Crippen molar-refractivity contribution in [2.24, 2.45) is 0 Å². The minimum Gasteiger partial charge on any atom is -0.383 e. The van der Waals surface area contributed by atoms with Crippen molar-refractivity contribution in [3.8, 4) is 11.8 Å². The molecule has 2 N–H and O–H groups in total. The van der Waals surface area contributed by atoms with Crippen LogP contribution in [0.5, 0.6) is 0 Å². The Bertz CT molecular complexity index is 349. The zero-order valence-electron chi connectivity index (χ0n) is 7.74. The number of aliphatic hydroxyl groups excluding tert-OH is 1. The largest absolute Gasteiger partial charge is 0.383 e. The Morgan fingerprint density at radius 2 is 1.93 bits per heavy atom. The molecule has 0 aliphatic rings. The van der Waals surface area contributed by atoms with Crippen molar-refractivity contribution >= 4 is 22.6 Å². The molecule has 0 bridgehead atoms. The van der Waals surface area contributed by atoms with E-state index in [1.54, 1.807) is 41.6 Å². The first-order chi connectivity index (χ1) is 6.58. The average molecular weight is 302 g/mol. The van der Waals surface area contributed by atoms with E-state index in [4.69, 9.17) is 0 Å². The number of rotatable bonds is 2. The van der Waals surface area contributed by atoms with Gasteiger partial charge in [0.25, 0.3) is 0 Å². The van der Waals surface area contributed by atoms with E-state index >= 15 is 0 Å². The fourth-order valence-electron chi connectivity index (χ4n) is 1.10. The SMILES string of the molecule is CC#CC(O)(I)C(O)c1ccccc1. The van der Waals surface area contributed by atoms with Crippen molar-refractivity contribution in [3.05, 3.63) is 35.9 Å². The predicted molar refractivity (Wildman–Crippen MR) is 63.8 cm³/mol. The van der Waals surface area contributed by atoms with Crippen LogP contribution in [-0.2, 0) is 0 Å². The van der Waals surface area contributed by atoms with E-state index in [0.717, 1.165) is 0 Å². The molecule has 0 fully saturated rings. The molecule has 0 radical (unpaired) electrons. The molecule has 0 aliphatic carbocycles. The van der Waals surface area contributed by atoms with Gasteiger partial charge < -0.3 is 10.2 Å². The third-order valence-corrected chi connectivity index (χ3v) is 2.64. The molecule has 2 nitrogen and oxygen atoms in total. The molecular formula is C11H11IO2. The molecule has 14 heavy (non-hydrogen) atoms. The molecule has 0 heterocycles. The Morgan fingerprint density at radius 1 is 1.36 bits per heavy atom. The lowest BCUT2D eigenvalue weighted by Crippen LogP contribution is -2.27. The van der Waals surface area contributed by atoms with Gasteiger partial charge in [-0.1, -0.05) is 36.3 Å². The molecule has 1 aromatic carbocycles. The summed E-state index contributed by atoms with van der Waals surface area (Å²) < 4.78 is -1.42. The summed E-state index contributed by atoms with van der Waals surface area (Å²) in [6.45, 7) is 1.63. The maximum Gasteiger partial charge on any atom is 0.207 e. The summed E-state index contributed by atoms with van der Waals surface area (Å²) in [6, 6.07) is 8.99. The molecule has 0 aromatic heterocycles. The predicted octanol–water partition coefficient (Wildman–Crippen LogP) is 1.87. The molecule has 0 saturated heterocycles. The minimum absolute atomic E-state index is 0.659. The lowest BCUT2D eigenvalue weighted by molar-refractivity contribution is 0.0422. The highest BCUT2D eigenvalue weighted by atomic mass is 127. The third-order valence-electron chi connectivity index (χ3n) is 1.78. The number of aliphatic hydroxyl groups is 2. The summed E-state index contributed by atoms with van der Waals surface area (Å²) in [5.74, 6) is 5.15. The van der Waals surface area contributed by atoms with Crippen LogP contribution >= 0.6 is 22.6 Å². The van der Waals surface area contributed by atoms with Crippen molar-refractivity contribution in [1.29, 1.82) is 0 Å². The van der Waals surface area contributed by atoms with E-state index in [0.29, 0.717) is 5.56 Å². The summed E-state index contributed by atoms with van der Waals surface area (Å²) in [5.41, 5.74) is 0.659. The molecule has 3 heteroatoms. The summed E-state index contributed by atoms with van der Waals surface area (Å²) in [5, 5.41) is 19.6. The molecule has 74 valence electrons. The molecule has 2 atom stereocenters. The van der Waals surface area contributed by atoms with Gasteiger partial charge in [0.05, 0.1) is 0 Å². The van der Waals surface area contributed by atoms with E-state index in [2.05, 4.69) is 11.8 Å². The van der Waals surface area contributed by atoms with Crippen molar-refractivity contribution < 1.29 is 10.2 Å². The summed E-state index contributed by atoms with van der Waals surface area (Å²) in [7, 11) is 0. The van der Waals surface area contributed by atoms with E-state index in [9.17, 15) is 10.2 Å². The zero-order chi connectivity index (χ0) is 10.6. The molecule has 2 unspecified atom stereocenters. The van der Waals surface area contributed by atoms with Gasteiger partial charge in [-0.2, -0.15) is 0 Å². The third kappa shape index (κ3) is 2.71. The van der Waals surface area contributed by atoms with Gasteiger partial charge in [0.1, 0.15) is 6.10 Å². The smallest absolute Gasteiger partial charge is 0.207 e. The van der Waals surface area contributed by atoms with Crippen LogP contribution in [0.25, 0.3) is 0 Å². The minimum atomic E-state index is -1.42. The van der Waals surface area contributed by atoms with Gasteiger partial charge in [0.2, 0.25) is 3.61 Å². The number of halogens is 1. The molecule has 0 saturated carbocycles. The van der Waals surface area contributed by atoms with Crippen molar-refractivity contribution in [1.82, 2.24) is 0 Å². The monoisotopic (exact) mass is 302 g/mol. The Kier molecular flexibility index (Phi) is 3.93. The molecule has 0 amide bonds. The normalized spacial score (nSPS) is 16.3. The van der Waals surface area contributed by atoms with Crippen LogP contribution < -0.4 is 0 Å². The molecule has 1 rings (SSSR count). The van der Waals surface area contributed by atoms with E-state index in [1.807, 2.05) is 18.2 Å². The number of hydrogen-bond acceptors (Lipinski definition) is 2. The second-order valence-corrected chi connectivity index (χ2v) is 4.51. The van der Waals surface area contributed by atoms with Crippen LogP contribution in [0.1, 0.15) is 18.6 Å². The van der Waals surface area contributed by atoms with E-state index < -0.39 is 9.71 Å². The molecule has 0 aliphatic heterocycles. The van der Waals surface area contributed by atoms with Crippen LogP contribution in [-0.4, -0.2) is 13.8 Å². The Hall–Kier alpha value is -0.570. The summed E-state index contributed by atoms with van der Waals surface area (Å²) in [6.07, 6.45) is -0.989. The van der Waals surface area contributed by atoms with Crippen LogP contribution in [0.4, 0.5) is 0 Å². The van der Waals surface area contributed by atoms with Gasteiger partial charge in [-0.3, -0.25) is 0 Å². The maximum absolute atomic E-state index is 9.82. The fourth-order valence-corrected chi connectivity index (χ4v) is 1.73. The topological polar surface area (TPSA) is 40.5 Å². The number of hydrogen-bond donors (Lipinski definition) is 2. The van der Waals surface area contributed by atoms with Crippen LogP contribution in [0.2, 0.25) is 0 Å². The van der Waals surface area contributed by atoms with Crippen LogP contribution in [0.15, 0.2) is 30.3 Å². The van der Waals surface area contributed by atoms with Gasteiger partial charge in [-0.05, 0) is 35.1 Å². The molecule has 0 spiro atoms. The van der Waals surface area contributed by atoms with Crippen LogP contribution in [0, 0.1) is 11.8 Å². The Morgan fingerprint density at radius 3 is 2.43 bits per heavy atom. The van der Waals surface area contributed by atoms with Gasteiger partial charge in [-0.15, -0.1) is 5.92 Å². The highest BCUT2D eigenvalue weighted by Crippen LogP contribution is 2.30. The lowest BCUT2D eigenvalue weighted by atomic mass is 10.1. The first-order valence-electron chi connectivity index (χ1n) is 4.16. The van der Waals surface area contributed by atoms with Gasteiger partial charge in [0, 0.05) is 0 Å². The van der Waals surface area contributed by atoms with E-state index in [-0.39, 0.29) is 0 Å². The quantitative estimate of drug-likeness (QED) is 0.497. The second kappa shape index (κ2) is 4.78. The van der Waals surface area contributed by atoms with Crippen LogP contribution in [0.3, 0.4) is 0 Å². The van der Waals surface area contributed by atoms with Crippen molar-refractivity contribution in [2.75, 3.05) is 0 Å². The highest BCUT2D eigenvalue weighted by Gasteiger charge is 2.31. The summed E-state index contributed by atoms with van der Waals surface area (Å²) in [4.78, 5) is 0. The van der Waals surface area contributed by atoms with Crippen molar-refractivity contribution in [2.45, 2.75) is 16.6 Å². The van der Waals surface area contributed by atoms with E-state index in [1.165, 1.54) is 0 Å². The molecule has 1 aromatic rings. The number of benzene rings is 1. The average Bonchev–Trinajstić information content (AvgIpc) is 2.18. The number of alkyl halides is 1. The first kappa shape index (κ1) is 11.5. The van der Waals surface area contributed by atoms with Gasteiger partial charge >= 0.3 is 0 Å². The highest BCUT2D eigenvalue weighted by molar-refractivity contribution is 14.1. The van der Waals surface area contributed by atoms with Gasteiger partial charge in [-0.25, -0.2) is 0 Å². The maximum atomic E-state index is 9.82. The zero-order valence-corrected chi connectivity index (χ0v) is 9.89. The summed E-state index contributed by atoms with van der Waals surface area (Å²) >= 11 is 1.74. The first-order valence-corrected chi connectivity index (χ1v) is 5.24.